The van der Waals surface area contributed by atoms with Gasteiger partial charge in [-0.25, -0.2) is 0 Å². The molecule has 0 N–H and O–H groups in total. The van der Waals surface area contributed by atoms with Crippen LogP contribution in [0.15, 0.2) is 66.7 Å². The fourth-order valence-corrected chi connectivity index (χ4v) is 5.67. The number of benzene rings is 3. The minimum absolute atomic E-state index is 0.0423. The quantitative estimate of drug-likeness (QED) is 0.464. The zero-order chi connectivity index (χ0) is 19.2. The SMILES string of the molecule is Cc1ccc(OCc2ccccc2)c(Pc2c(C)cccc2CP(C)C)c1. The van der Waals surface area contributed by atoms with E-state index in [1.807, 2.05) is 6.07 Å². The molecule has 3 rings (SSSR count). The van der Waals surface area contributed by atoms with Crippen LogP contribution in [0.3, 0.4) is 0 Å². The Hall–Kier alpha value is -1.68. The maximum Gasteiger partial charge on any atom is 0.127 e. The van der Waals surface area contributed by atoms with Crippen molar-refractivity contribution >= 4 is 27.1 Å². The lowest BCUT2D eigenvalue weighted by Gasteiger charge is -2.17. The number of hydrogen-bond donors (Lipinski definition) is 0. The molecule has 1 atom stereocenters. The maximum absolute atomic E-state index is 6.22. The Labute approximate surface area is 166 Å². The van der Waals surface area contributed by atoms with Crippen molar-refractivity contribution in [2.45, 2.75) is 26.6 Å². The van der Waals surface area contributed by atoms with Crippen LogP contribution in [0.2, 0.25) is 0 Å². The molecule has 140 valence electrons. The third kappa shape index (κ3) is 5.65. The molecule has 0 aromatic heterocycles. The summed E-state index contributed by atoms with van der Waals surface area (Å²) in [7, 11) is 0.664. The Kier molecular flexibility index (Phi) is 7.06. The summed E-state index contributed by atoms with van der Waals surface area (Å²) in [5.41, 5.74) is 5.37. The molecule has 0 bridgehead atoms. The molecule has 27 heavy (non-hydrogen) atoms. The molecule has 0 amide bonds. The van der Waals surface area contributed by atoms with Crippen molar-refractivity contribution in [2.24, 2.45) is 0 Å². The Morgan fingerprint density at radius 3 is 2.41 bits per heavy atom. The first-order valence-electron chi connectivity index (χ1n) is 9.30. The normalized spacial score (nSPS) is 11.4. The average Bonchev–Trinajstić information content (AvgIpc) is 2.64. The van der Waals surface area contributed by atoms with E-state index >= 15 is 0 Å². The largest absolute Gasteiger partial charge is 0.488 e. The van der Waals surface area contributed by atoms with Crippen LogP contribution in [-0.4, -0.2) is 13.3 Å². The molecule has 0 radical (unpaired) electrons. The third-order valence-corrected chi connectivity index (χ3v) is 7.08. The van der Waals surface area contributed by atoms with Gasteiger partial charge in [0.05, 0.1) is 0 Å². The van der Waals surface area contributed by atoms with E-state index in [0.717, 1.165) is 5.75 Å². The van der Waals surface area contributed by atoms with Crippen molar-refractivity contribution in [1.29, 1.82) is 0 Å². The Morgan fingerprint density at radius 2 is 1.67 bits per heavy atom. The van der Waals surface area contributed by atoms with Crippen LogP contribution < -0.4 is 15.3 Å². The van der Waals surface area contributed by atoms with Gasteiger partial charge in [-0.1, -0.05) is 68.7 Å². The molecule has 1 unspecified atom stereocenters. The van der Waals surface area contributed by atoms with Gasteiger partial charge in [0.15, 0.2) is 0 Å². The molecule has 0 aliphatic heterocycles. The topological polar surface area (TPSA) is 9.23 Å². The van der Waals surface area contributed by atoms with E-state index in [0.29, 0.717) is 15.2 Å². The number of rotatable bonds is 7. The van der Waals surface area contributed by atoms with Gasteiger partial charge in [-0.2, -0.15) is 0 Å². The zero-order valence-electron chi connectivity index (χ0n) is 16.6. The lowest BCUT2D eigenvalue weighted by molar-refractivity contribution is 0.309. The van der Waals surface area contributed by atoms with Crippen molar-refractivity contribution in [3.05, 3.63) is 89.0 Å². The second kappa shape index (κ2) is 9.50. The van der Waals surface area contributed by atoms with Gasteiger partial charge in [-0.3, -0.25) is 0 Å². The molecular weight excluding hydrogens is 366 g/mol. The van der Waals surface area contributed by atoms with E-state index in [2.05, 4.69) is 87.8 Å². The van der Waals surface area contributed by atoms with Crippen LogP contribution in [0, 0.1) is 13.8 Å². The first-order valence-corrected chi connectivity index (χ1v) is 12.7. The fourth-order valence-electron chi connectivity index (χ4n) is 3.12. The molecule has 0 aliphatic rings. The molecule has 1 nitrogen and oxygen atoms in total. The second-order valence-corrected chi connectivity index (χ2v) is 11.0. The summed E-state index contributed by atoms with van der Waals surface area (Å²) in [5, 5.41) is 2.79. The Balaban J connectivity index is 1.88. The molecule has 3 aromatic rings. The van der Waals surface area contributed by atoms with Crippen molar-refractivity contribution in [2.75, 3.05) is 13.3 Å². The number of aryl methyl sites for hydroxylation is 2. The molecule has 0 saturated carbocycles. The summed E-state index contributed by atoms with van der Waals surface area (Å²) in [6, 6.07) is 23.7. The van der Waals surface area contributed by atoms with Crippen molar-refractivity contribution in [3.8, 4) is 5.75 Å². The highest BCUT2D eigenvalue weighted by Gasteiger charge is 2.12. The van der Waals surface area contributed by atoms with E-state index in [4.69, 9.17) is 4.74 Å². The minimum Gasteiger partial charge on any atom is -0.488 e. The molecule has 0 aliphatic carbocycles. The highest BCUT2D eigenvalue weighted by atomic mass is 31.1. The molecule has 3 aromatic carbocycles. The first-order chi connectivity index (χ1) is 13.0. The van der Waals surface area contributed by atoms with E-state index in [1.54, 1.807) is 0 Å². The predicted octanol–water partition coefficient (Wildman–Crippen LogP) is 5.75. The van der Waals surface area contributed by atoms with Crippen LogP contribution in [0.25, 0.3) is 0 Å². The smallest absolute Gasteiger partial charge is 0.127 e. The average molecular weight is 394 g/mol. The highest BCUT2D eigenvalue weighted by molar-refractivity contribution is 7.57. The van der Waals surface area contributed by atoms with Gasteiger partial charge in [0.1, 0.15) is 12.4 Å². The standard InChI is InChI=1S/C24H28OP2/c1-18-13-14-22(25-16-20-10-6-5-7-11-20)23(15-18)26-24-19(2)9-8-12-21(24)17-27(3)4/h5-15,26H,16-17H2,1-4H3. The highest BCUT2D eigenvalue weighted by Crippen LogP contribution is 2.32. The molecule has 0 fully saturated rings. The summed E-state index contributed by atoms with van der Waals surface area (Å²) in [5.74, 6) is 1.01. The van der Waals surface area contributed by atoms with Crippen molar-refractivity contribution in [3.63, 3.8) is 0 Å². The molecular formula is C24H28OP2. The summed E-state index contributed by atoms with van der Waals surface area (Å²) >= 11 is 0. The molecule has 0 saturated heterocycles. The molecule has 0 heterocycles. The molecule has 0 spiro atoms. The van der Waals surface area contributed by atoms with Gasteiger partial charge >= 0.3 is 0 Å². The van der Waals surface area contributed by atoms with E-state index in [-0.39, 0.29) is 7.92 Å². The summed E-state index contributed by atoms with van der Waals surface area (Å²) in [4.78, 5) is 0. The Morgan fingerprint density at radius 1 is 0.889 bits per heavy atom. The van der Waals surface area contributed by atoms with Crippen LogP contribution in [0.1, 0.15) is 22.3 Å². The third-order valence-electron chi connectivity index (χ3n) is 4.48. The van der Waals surface area contributed by atoms with Crippen molar-refractivity contribution in [1.82, 2.24) is 0 Å². The fraction of sp³-hybridized carbons (Fsp3) is 0.250. The number of ether oxygens (including phenoxy) is 1. The van der Waals surface area contributed by atoms with Gasteiger partial charge in [0, 0.05) is 5.30 Å². The van der Waals surface area contributed by atoms with E-state index in [9.17, 15) is 0 Å². The van der Waals surface area contributed by atoms with Crippen molar-refractivity contribution < 1.29 is 4.74 Å². The monoisotopic (exact) mass is 394 g/mol. The maximum atomic E-state index is 6.22. The summed E-state index contributed by atoms with van der Waals surface area (Å²) in [6.45, 7) is 9.71. The van der Waals surface area contributed by atoms with Gasteiger partial charge in [0.25, 0.3) is 0 Å². The molecule has 3 heteroatoms. The van der Waals surface area contributed by atoms with E-state index in [1.165, 1.54) is 39.0 Å². The van der Waals surface area contributed by atoms with Gasteiger partial charge in [-0.15, -0.1) is 7.92 Å². The lowest BCUT2D eigenvalue weighted by atomic mass is 10.1. The Bertz CT molecular complexity index is 888. The predicted molar refractivity (Wildman–Crippen MR) is 123 cm³/mol. The van der Waals surface area contributed by atoms with Crippen LogP contribution in [-0.2, 0) is 12.8 Å². The van der Waals surface area contributed by atoms with E-state index < -0.39 is 0 Å². The summed E-state index contributed by atoms with van der Waals surface area (Å²) in [6.07, 6.45) is 1.19. The second-order valence-electron chi connectivity index (χ2n) is 7.25. The van der Waals surface area contributed by atoms with Crippen LogP contribution in [0.4, 0.5) is 0 Å². The van der Waals surface area contributed by atoms with Gasteiger partial charge in [-0.05, 0) is 67.5 Å². The first kappa shape index (κ1) is 20.1. The zero-order valence-corrected chi connectivity index (χ0v) is 18.5. The van der Waals surface area contributed by atoms with Gasteiger partial charge in [0.2, 0.25) is 0 Å². The summed E-state index contributed by atoms with van der Waals surface area (Å²) < 4.78 is 6.22. The number of hydrogen-bond acceptors (Lipinski definition) is 1. The minimum atomic E-state index is 0.0423. The van der Waals surface area contributed by atoms with Crippen LogP contribution >= 0.6 is 16.5 Å². The van der Waals surface area contributed by atoms with Crippen LogP contribution in [0.5, 0.6) is 5.75 Å². The van der Waals surface area contributed by atoms with Gasteiger partial charge < -0.3 is 4.74 Å². The lowest BCUT2D eigenvalue weighted by Crippen LogP contribution is -2.14.